The summed E-state index contributed by atoms with van der Waals surface area (Å²) in [5.74, 6) is -0.586. The molecular weight excluding hydrogens is 1010 g/mol. The third kappa shape index (κ3) is 15.6. The van der Waals surface area contributed by atoms with Crippen molar-refractivity contribution in [2.24, 2.45) is 11.3 Å². The van der Waals surface area contributed by atoms with Gasteiger partial charge in [0.1, 0.15) is 29.1 Å². The lowest BCUT2D eigenvalue weighted by atomic mass is 9.59. The maximum atomic E-state index is 15.4. The monoisotopic (exact) mass is 1090 g/mol. The summed E-state index contributed by atoms with van der Waals surface area (Å²) in [5.41, 5.74) is 2.16. The molecule has 0 radical (unpaired) electrons. The number of anilines is 2. The Balaban J connectivity index is 0.000000606. The lowest BCUT2D eigenvalue weighted by Crippen LogP contribution is -2.56. The second kappa shape index (κ2) is 28.1. The molecule has 3 N–H and O–H groups in total. The van der Waals surface area contributed by atoms with E-state index in [-0.39, 0.29) is 57.7 Å². The standard InChI is InChI=1S/C47H60F3N9O3S.C7H13NO2.C2H5NO/c1-29(2)59-31(4)52-44-39(49)21-32(23-42(44)59)43-40(50)27-51-46(54-43)53-34-8-16-58(17-9-34)63-36-10-14-56(15-11-36)35-25-47(26-35)12-18-57(19-13-47)41-24-37(33(28-61)22-38(41)48)45(62)55(5)30(3)7-6-20-60;1-6(2)3-4-7(10)8-5-9;1-3-2-4/h20-24,27-30,34-36H,6-19,25-26H2,1-5H3,(H,51,53,54);5-6H,3-4H2,1-2H3,(H,8,9,10);2H,1H3,(H,3,4). The predicted octanol–water partition coefficient (Wildman–Crippen LogP) is 8.55. The molecule has 1 aliphatic carbocycles. The highest BCUT2D eigenvalue weighted by molar-refractivity contribution is 7.97. The van der Waals surface area contributed by atoms with Crippen molar-refractivity contribution in [3.05, 3.63) is 64.9 Å². The molecule has 17 nitrogen and oxygen atoms in total. The number of piperidine rings is 3. The number of likely N-dealkylation sites (tertiary alicyclic amines) is 1. The fourth-order valence-electron chi connectivity index (χ4n) is 10.9. The molecule has 420 valence electrons. The van der Waals surface area contributed by atoms with E-state index in [0.717, 1.165) is 96.4 Å². The van der Waals surface area contributed by atoms with E-state index in [4.69, 9.17) is 4.79 Å². The summed E-state index contributed by atoms with van der Waals surface area (Å²) >= 11 is 1.99. The average molecular weight is 1090 g/mol. The normalized spacial score (nSPS) is 17.6. The van der Waals surface area contributed by atoms with Gasteiger partial charge in [-0.3, -0.25) is 33.6 Å². The number of carbonyl (C=O) groups excluding carboxylic acids is 6. The van der Waals surface area contributed by atoms with Crippen LogP contribution in [0.25, 0.3) is 22.3 Å². The summed E-state index contributed by atoms with van der Waals surface area (Å²) in [5, 5.41) is 8.33. The molecule has 4 aromatic rings. The minimum atomic E-state index is -0.603. The van der Waals surface area contributed by atoms with Crippen molar-refractivity contribution in [3.63, 3.8) is 0 Å². The predicted molar refractivity (Wildman–Crippen MR) is 295 cm³/mol. The Morgan fingerprint density at radius 1 is 0.857 bits per heavy atom. The molecule has 1 saturated carbocycles. The van der Waals surface area contributed by atoms with Gasteiger partial charge in [-0.1, -0.05) is 25.8 Å². The first kappa shape index (κ1) is 60.3. The number of hydrogen-bond donors (Lipinski definition) is 3. The van der Waals surface area contributed by atoms with E-state index in [1.54, 1.807) is 26.2 Å². The molecule has 77 heavy (non-hydrogen) atoms. The Labute approximate surface area is 455 Å². The lowest BCUT2D eigenvalue weighted by Gasteiger charge is -2.56. The highest BCUT2D eigenvalue weighted by Gasteiger charge is 2.48. The van der Waals surface area contributed by atoms with Crippen LogP contribution in [0, 0.1) is 35.7 Å². The number of aromatic nitrogens is 4. The highest BCUT2D eigenvalue weighted by atomic mass is 32.2. The minimum absolute atomic E-state index is 0.0380. The van der Waals surface area contributed by atoms with Crippen LogP contribution in [-0.4, -0.2) is 148 Å². The molecule has 2 aromatic carbocycles. The Kier molecular flexibility index (Phi) is 22.0. The minimum Gasteiger partial charge on any atom is -0.369 e. The number of aryl methyl sites for hydroxylation is 1. The van der Waals surface area contributed by atoms with Crippen LogP contribution in [0.4, 0.5) is 24.8 Å². The third-order valence-electron chi connectivity index (χ3n) is 15.5. The first-order chi connectivity index (χ1) is 36.8. The molecule has 4 aliphatic rings. The van der Waals surface area contributed by atoms with Gasteiger partial charge in [0.25, 0.3) is 5.91 Å². The topological polar surface area (TPSA) is 195 Å². The molecule has 3 saturated heterocycles. The number of fused-ring (bicyclic) bond motifs is 1. The number of aldehydes is 2. The number of benzene rings is 2. The molecule has 2 aromatic heterocycles. The molecule has 1 spiro atoms. The van der Waals surface area contributed by atoms with E-state index >= 15 is 13.2 Å². The Bertz CT molecular complexity index is 2660. The summed E-state index contributed by atoms with van der Waals surface area (Å²) < 4.78 is 50.2. The first-order valence-corrected chi connectivity index (χ1v) is 27.9. The summed E-state index contributed by atoms with van der Waals surface area (Å²) in [6, 6.07) is 6.38. The molecular formula is C56H78F3N11O6S. The van der Waals surface area contributed by atoms with Gasteiger partial charge in [-0.25, -0.2) is 28.1 Å². The van der Waals surface area contributed by atoms with E-state index in [1.165, 1.54) is 17.0 Å². The van der Waals surface area contributed by atoms with Crippen molar-refractivity contribution in [2.75, 3.05) is 63.6 Å². The van der Waals surface area contributed by atoms with Crippen LogP contribution in [0.15, 0.2) is 30.5 Å². The molecule has 1 atom stereocenters. The lowest BCUT2D eigenvalue weighted by molar-refractivity contribution is -0.125. The second-order valence-electron chi connectivity index (χ2n) is 21.6. The summed E-state index contributed by atoms with van der Waals surface area (Å²) in [4.78, 5) is 85.0. The summed E-state index contributed by atoms with van der Waals surface area (Å²) in [7, 11) is 3.22. The van der Waals surface area contributed by atoms with Crippen LogP contribution in [0.5, 0.6) is 0 Å². The van der Waals surface area contributed by atoms with Gasteiger partial charge in [0, 0.05) is 93.7 Å². The molecule has 3 aliphatic heterocycles. The van der Waals surface area contributed by atoms with Crippen molar-refractivity contribution >= 4 is 71.8 Å². The van der Waals surface area contributed by atoms with Crippen molar-refractivity contribution in [2.45, 2.75) is 148 Å². The zero-order valence-corrected chi connectivity index (χ0v) is 46.8. The molecule has 4 fully saturated rings. The van der Waals surface area contributed by atoms with Crippen molar-refractivity contribution in [1.29, 1.82) is 0 Å². The van der Waals surface area contributed by atoms with E-state index in [9.17, 15) is 24.0 Å². The van der Waals surface area contributed by atoms with Gasteiger partial charge in [0.15, 0.2) is 17.9 Å². The highest BCUT2D eigenvalue weighted by Crippen LogP contribution is 2.52. The van der Waals surface area contributed by atoms with Crippen molar-refractivity contribution < 1.29 is 41.9 Å². The number of nitrogens with one attached hydrogen (secondary N) is 3. The quantitative estimate of drug-likeness (QED) is 0.0597. The summed E-state index contributed by atoms with van der Waals surface area (Å²) in [6.45, 7) is 17.2. The summed E-state index contributed by atoms with van der Waals surface area (Å²) in [6.07, 6.45) is 14.1. The zero-order valence-electron chi connectivity index (χ0n) is 46.0. The van der Waals surface area contributed by atoms with E-state index in [0.29, 0.717) is 97.2 Å². The smallest absolute Gasteiger partial charge is 0.254 e. The van der Waals surface area contributed by atoms with Crippen LogP contribution in [-0.2, 0) is 19.2 Å². The van der Waals surface area contributed by atoms with Crippen LogP contribution in [0.1, 0.15) is 144 Å². The van der Waals surface area contributed by atoms with Gasteiger partial charge < -0.3 is 34.7 Å². The zero-order chi connectivity index (χ0) is 56.0. The number of imidazole rings is 1. The number of carbonyl (C=O) groups is 6. The molecule has 8 rings (SSSR count). The SMILES string of the molecule is CC(C)CCC(=O)NC=O.CNC=O.Cc1nc2c(F)cc(-c3nc(NC4CCN(SC5CCN(C6CC7(CCN(c8cc(C(=O)N(C)C(C)CCC=O)c(C=O)cc8F)CC7)C6)CC5)CC4)ncc3F)cc2n1C(C)C. The van der Waals surface area contributed by atoms with Crippen LogP contribution >= 0.6 is 11.9 Å². The van der Waals surface area contributed by atoms with E-state index in [2.05, 4.69) is 40.1 Å². The Hall–Kier alpha value is -5.93. The maximum absolute atomic E-state index is 15.4. The molecule has 5 heterocycles. The number of imide groups is 1. The number of amides is 4. The van der Waals surface area contributed by atoms with Gasteiger partial charge in [0.2, 0.25) is 24.7 Å². The number of halogens is 3. The molecule has 21 heteroatoms. The first-order valence-electron chi connectivity index (χ1n) is 27.1. The van der Waals surface area contributed by atoms with Gasteiger partial charge in [-0.05, 0) is 141 Å². The van der Waals surface area contributed by atoms with Gasteiger partial charge in [-0.15, -0.1) is 0 Å². The third-order valence-corrected chi connectivity index (χ3v) is 16.9. The van der Waals surface area contributed by atoms with Gasteiger partial charge in [0.05, 0.1) is 23.0 Å². The Morgan fingerprint density at radius 2 is 1.53 bits per heavy atom. The second-order valence-corrected chi connectivity index (χ2v) is 23.0. The fourth-order valence-corrected chi connectivity index (χ4v) is 12.2. The average Bonchev–Trinajstić information content (AvgIpc) is 3.77. The molecule has 4 amide bonds. The van der Waals surface area contributed by atoms with Crippen LogP contribution in [0.2, 0.25) is 0 Å². The number of rotatable bonds is 19. The molecule has 1 unspecified atom stereocenters. The molecule has 0 bridgehead atoms. The van der Waals surface area contributed by atoms with E-state index < -0.39 is 17.5 Å². The maximum Gasteiger partial charge on any atom is 0.254 e. The van der Waals surface area contributed by atoms with Crippen molar-refractivity contribution in [3.8, 4) is 11.3 Å². The van der Waals surface area contributed by atoms with E-state index in [1.807, 2.05) is 63.0 Å². The van der Waals surface area contributed by atoms with Gasteiger partial charge in [-0.2, -0.15) is 0 Å². The van der Waals surface area contributed by atoms with Crippen LogP contribution < -0.4 is 20.9 Å². The fraction of sp³-hybridized carbons (Fsp3) is 0.589. The van der Waals surface area contributed by atoms with Gasteiger partial charge >= 0.3 is 0 Å². The largest absolute Gasteiger partial charge is 0.369 e. The Morgan fingerprint density at radius 3 is 2.13 bits per heavy atom. The number of hydrogen-bond acceptors (Lipinski definition) is 14. The van der Waals surface area contributed by atoms with Crippen molar-refractivity contribution in [1.82, 2.24) is 44.3 Å². The number of nitrogens with zero attached hydrogens (tertiary/aromatic N) is 8. The van der Waals surface area contributed by atoms with Crippen LogP contribution in [0.3, 0.4) is 0 Å².